The Balaban J connectivity index is 2.32. The van der Waals surface area contributed by atoms with Crippen molar-refractivity contribution in [3.05, 3.63) is 35.9 Å². The summed E-state index contributed by atoms with van der Waals surface area (Å²) in [7, 11) is -3.33. The monoisotopic (exact) mass is 327 g/mol. The molecule has 0 bridgehead atoms. The van der Waals surface area contributed by atoms with E-state index < -0.39 is 24.8 Å². The minimum atomic E-state index is -3.33. The summed E-state index contributed by atoms with van der Waals surface area (Å²) >= 11 is 0. The molecule has 0 aromatic heterocycles. The van der Waals surface area contributed by atoms with Gasteiger partial charge in [-0.2, -0.15) is 0 Å². The highest BCUT2D eigenvalue weighted by atomic mass is 31.2. The lowest BCUT2D eigenvalue weighted by atomic mass is 9.88. The maximum atomic E-state index is 12.9. The molecule has 1 saturated heterocycles. The molecular weight excluding hydrogens is 305 g/mol. The predicted octanol–water partition coefficient (Wildman–Crippen LogP) is 0.234. The van der Waals surface area contributed by atoms with E-state index in [2.05, 4.69) is 0 Å². The molecule has 1 aromatic rings. The summed E-state index contributed by atoms with van der Waals surface area (Å²) in [5, 5.41) is 13.5. The van der Waals surface area contributed by atoms with E-state index >= 15 is 0 Å². The molecule has 1 heterocycles. The Kier molecular flexibility index (Phi) is 5.40. The zero-order valence-corrected chi connectivity index (χ0v) is 13.8. The minimum absolute atomic E-state index is 0.163. The quantitative estimate of drug-likeness (QED) is 0.724. The van der Waals surface area contributed by atoms with Crippen molar-refractivity contribution in [1.82, 2.24) is 0 Å². The van der Waals surface area contributed by atoms with E-state index in [0.29, 0.717) is 12.1 Å². The molecule has 22 heavy (non-hydrogen) atoms. The van der Waals surface area contributed by atoms with Gasteiger partial charge in [0.25, 0.3) is 0 Å². The van der Waals surface area contributed by atoms with Gasteiger partial charge in [0.15, 0.2) is 5.54 Å². The van der Waals surface area contributed by atoms with Gasteiger partial charge in [-0.25, -0.2) is 0 Å². The fourth-order valence-corrected chi connectivity index (χ4v) is 5.07. The van der Waals surface area contributed by atoms with Gasteiger partial charge in [-0.1, -0.05) is 30.3 Å². The molecule has 2 rings (SSSR count). The van der Waals surface area contributed by atoms with Crippen LogP contribution < -0.4 is 10.4 Å². The van der Waals surface area contributed by atoms with Crippen molar-refractivity contribution in [2.75, 3.05) is 19.8 Å². The van der Waals surface area contributed by atoms with Crippen LogP contribution in [0.3, 0.4) is 0 Å². The van der Waals surface area contributed by atoms with Crippen LogP contribution in [0.5, 0.6) is 0 Å². The molecule has 2 atom stereocenters. The number of quaternary nitrogens is 1. The third-order valence-electron chi connectivity index (χ3n) is 4.01. The Morgan fingerprint density at radius 1 is 1.32 bits per heavy atom. The van der Waals surface area contributed by atoms with Crippen LogP contribution in [0.1, 0.15) is 25.8 Å². The Hall–Kier alpha value is -1.20. The number of carboxylic acid groups (broad SMARTS) is 1. The average Bonchev–Trinajstić information content (AvgIpc) is 2.96. The number of benzene rings is 1. The molecule has 0 aliphatic carbocycles. The Bertz CT molecular complexity index is 554. The van der Waals surface area contributed by atoms with Crippen LogP contribution >= 0.6 is 7.60 Å². The molecule has 0 amide bonds. The van der Waals surface area contributed by atoms with Crippen LogP contribution in [-0.4, -0.2) is 31.4 Å². The third kappa shape index (κ3) is 3.10. The van der Waals surface area contributed by atoms with Crippen LogP contribution in [0.4, 0.5) is 0 Å². The number of hydrogen-bond donors (Lipinski definition) is 1. The van der Waals surface area contributed by atoms with Crippen molar-refractivity contribution >= 4 is 13.6 Å². The molecule has 2 N–H and O–H groups in total. The average molecular weight is 327 g/mol. The number of aliphatic carboxylic acids is 1. The van der Waals surface area contributed by atoms with E-state index in [0.717, 1.165) is 0 Å². The number of carboxylic acids is 1. The van der Waals surface area contributed by atoms with Gasteiger partial charge >= 0.3 is 7.60 Å². The molecule has 0 radical (unpaired) electrons. The zero-order valence-electron chi connectivity index (χ0n) is 12.9. The van der Waals surface area contributed by atoms with Gasteiger partial charge in [0.1, 0.15) is 11.6 Å². The van der Waals surface area contributed by atoms with Gasteiger partial charge in [0, 0.05) is 12.0 Å². The van der Waals surface area contributed by atoms with Crippen LogP contribution in [-0.2, 0) is 23.9 Å². The van der Waals surface area contributed by atoms with E-state index in [9.17, 15) is 14.5 Å². The Morgan fingerprint density at radius 2 is 1.91 bits per heavy atom. The molecule has 1 aliphatic rings. The van der Waals surface area contributed by atoms with Crippen LogP contribution in [0, 0.1) is 0 Å². The first-order valence-electron chi connectivity index (χ1n) is 7.48. The number of hydrogen-bond acceptors (Lipinski definition) is 5. The Labute approximate surface area is 130 Å². The molecule has 122 valence electrons. The van der Waals surface area contributed by atoms with Crippen molar-refractivity contribution in [2.24, 2.45) is 0 Å². The lowest BCUT2D eigenvalue weighted by Gasteiger charge is -2.28. The standard InChI is InChI=1S/C15H22NO5P/c1-3-20-22(19,21-4-2)13-10-15(14(17)18,16-11-13)12-8-6-5-7-9-12/h5-9,13,16H,3-4,10-11H2,1-2H3,(H,17,18)/t13-,15-/m1/s1. The van der Waals surface area contributed by atoms with Gasteiger partial charge in [0.05, 0.1) is 19.8 Å². The van der Waals surface area contributed by atoms with E-state index in [-0.39, 0.29) is 19.6 Å². The van der Waals surface area contributed by atoms with Crippen LogP contribution in [0.15, 0.2) is 30.3 Å². The largest absolute Gasteiger partial charge is 0.543 e. The fraction of sp³-hybridized carbons (Fsp3) is 0.533. The second-order valence-corrected chi connectivity index (χ2v) is 7.62. The molecule has 1 fully saturated rings. The van der Waals surface area contributed by atoms with Crippen molar-refractivity contribution in [3.8, 4) is 0 Å². The number of carbonyl (C=O) groups excluding carboxylic acids is 1. The topological polar surface area (TPSA) is 92.3 Å². The third-order valence-corrected chi connectivity index (χ3v) is 6.54. The maximum Gasteiger partial charge on any atom is 0.339 e. The Morgan fingerprint density at radius 3 is 2.41 bits per heavy atom. The number of nitrogens with two attached hydrogens (primary N) is 1. The van der Waals surface area contributed by atoms with E-state index in [1.165, 1.54) is 0 Å². The number of rotatable bonds is 7. The second-order valence-electron chi connectivity index (χ2n) is 5.30. The van der Waals surface area contributed by atoms with Crippen molar-refractivity contribution < 1.29 is 28.8 Å². The van der Waals surface area contributed by atoms with Gasteiger partial charge < -0.3 is 24.3 Å². The summed E-state index contributed by atoms with van der Waals surface area (Å²) in [6, 6.07) is 8.89. The summed E-state index contributed by atoms with van der Waals surface area (Å²) in [6.07, 6.45) is 0.163. The number of carbonyl (C=O) groups is 1. The summed E-state index contributed by atoms with van der Waals surface area (Å²) in [5.74, 6) is -1.18. The molecule has 0 spiro atoms. The summed E-state index contributed by atoms with van der Waals surface area (Å²) in [5.41, 5.74) is -1.07. The highest BCUT2D eigenvalue weighted by Gasteiger charge is 2.53. The van der Waals surface area contributed by atoms with Crippen molar-refractivity contribution in [1.29, 1.82) is 0 Å². The molecule has 6 nitrogen and oxygen atoms in total. The second kappa shape index (κ2) is 6.92. The zero-order chi connectivity index (χ0) is 16.2. The van der Waals surface area contributed by atoms with E-state index in [4.69, 9.17) is 9.05 Å². The molecule has 1 aliphatic heterocycles. The first kappa shape index (κ1) is 17.2. The lowest BCUT2D eigenvalue weighted by molar-refractivity contribution is -0.709. The SMILES string of the molecule is CCOP(=O)(OCC)[C@H]1C[NH2+][C@@](C(=O)[O-])(c2ccccc2)C1. The summed E-state index contributed by atoms with van der Waals surface area (Å²) < 4.78 is 23.6. The smallest absolute Gasteiger partial charge is 0.339 e. The maximum absolute atomic E-state index is 12.9. The first-order chi connectivity index (χ1) is 10.5. The van der Waals surface area contributed by atoms with Crippen molar-refractivity contribution in [2.45, 2.75) is 31.5 Å². The van der Waals surface area contributed by atoms with Gasteiger partial charge in [-0.05, 0) is 13.8 Å². The highest BCUT2D eigenvalue weighted by Crippen LogP contribution is 2.56. The van der Waals surface area contributed by atoms with Gasteiger partial charge in [-0.3, -0.25) is 4.57 Å². The molecular formula is C15H22NO5P. The van der Waals surface area contributed by atoms with Crippen LogP contribution in [0.2, 0.25) is 0 Å². The molecule has 0 unspecified atom stereocenters. The van der Waals surface area contributed by atoms with Gasteiger partial charge in [-0.15, -0.1) is 0 Å². The highest BCUT2D eigenvalue weighted by molar-refractivity contribution is 7.54. The fourth-order valence-electron chi connectivity index (χ4n) is 2.98. The van der Waals surface area contributed by atoms with Crippen molar-refractivity contribution in [3.63, 3.8) is 0 Å². The normalized spacial score (nSPS) is 25.3. The summed E-state index contributed by atoms with van der Waals surface area (Å²) in [6.45, 7) is 4.37. The first-order valence-corrected chi connectivity index (χ1v) is 9.10. The molecule has 1 aromatic carbocycles. The van der Waals surface area contributed by atoms with Gasteiger partial charge in [0.2, 0.25) is 0 Å². The van der Waals surface area contributed by atoms with E-state index in [1.807, 2.05) is 6.07 Å². The minimum Gasteiger partial charge on any atom is -0.543 e. The van der Waals surface area contributed by atoms with Crippen LogP contribution in [0.25, 0.3) is 0 Å². The molecule has 0 saturated carbocycles. The van der Waals surface area contributed by atoms with E-state index in [1.54, 1.807) is 43.4 Å². The predicted molar refractivity (Wildman–Crippen MR) is 79.2 cm³/mol. The lowest BCUT2D eigenvalue weighted by Crippen LogP contribution is -2.95. The molecule has 7 heteroatoms. The summed E-state index contributed by atoms with van der Waals surface area (Å²) in [4.78, 5) is 11.8.